The molecular weight excluding hydrogens is 224 g/mol. The van der Waals surface area contributed by atoms with Crippen molar-refractivity contribution in [3.8, 4) is 0 Å². The summed E-state index contributed by atoms with van der Waals surface area (Å²) >= 11 is 1.59. The van der Waals surface area contributed by atoms with Crippen LogP contribution in [0, 0.1) is 0 Å². The molecule has 0 aliphatic carbocycles. The van der Waals surface area contributed by atoms with Crippen LogP contribution in [-0.2, 0) is 16.1 Å². The van der Waals surface area contributed by atoms with Gasteiger partial charge in [0, 0.05) is 18.0 Å². The lowest BCUT2D eigenvalue weighted by Crippen LogP contribution is -2.31. The molecule has 0 saturated heterocycles. The van der Waals surface area contributed by atoms with Gasteiger partial charge in [-0.2, -0.15) is 0 Å². The molecule has 1 atom stereocenters. The SMILES string of the molecule is CCOC(=O)CC(C)N(C)Cc1cscn1. The maximum absolute atomic E-state index is 11.3. The summed E-state index contributed by atoms with van der Waals surface area (Å²) in [5.41, 5.74) is 2.86. The molecule has 16 heavy (non-hydrogen) atoms. The average Bonchev–Trinajstić information content (AvgIpc) is 2.70. The predicted octanol–water partition coefficient (Wildman–Crippen LogP) is 1.92. The van der Waals surface area contributed by atoms with E-state index in [1.165, 1.54) is 0 Å². The smallest absolute Gasteiger partial charge is 0.307 e. The maximum atomic E-state index is 11.3. The van der Waals surface area contributed by atoms with Gasteiger partial charge in [0.1, 0.15) is 0 Å². The predicted molar refractivity (Wildman–Crippen MR) is 64.3 cm³/mol. The number of rotatable bonds is 6. The number of carbonyl (C=O) groups is 1. The fraction of sp³-hybridized carbons (Fsp3) is 0.636. The van der Waals surface area contributed by atoms with Crippen LogP contribution in [0.2, 0.25) is 0 Å². The Balaban J connectivity index is 2.35. The number of nitrogens with zero attached hydrogens (tertiary/aromatic N) is 2. The van der Waals surface area contributed by atoms with Gasteiger partial charge in [0.05, 0.1) is 24.2 Å². The molecular formula is C11H18N2O2S. The van der Waals surface area contributed by atoms with Crippen LogP contribution in [0.15, 0.2) is 10.9 Å². The molecule has 0 N–H and O–H groups in total. The van der Waals surface area contributed by atoms with E-state index in [1.807, 2.05) is 31.8 Å². The summed E-state index contributed by atoms with van der Waals surface area (Å²) in [6, 6.07) is 0.167. The third-order valence-corrected chi connectivity index (χ3v) is 3.05. The van der Waals surface area contributed by atoms with Gasteiger partial charge in [-0.15, -0.1) is 11.3 Å². The van der Waals surface area contributed by atoms with Crippen molar-refractivity contribution >= 4 is 17.3 Å². The van der Waals surface area contributed by atoms with E-state index in [0.29, 0.717) is 13.0 Å². The minimum absolute atomic E-state index is 0.139. The lowest BCUT2D eigenvalue weighted by Gasteiger charge is -2.22. The molecule has 5 heteroatoms. The van der Waals surface area contributed by atoms with Crippen molar-refractivity contribution in [1.82, 2.24) is 9.88 Å². The molecule has 0 aromatic carbocycles. The van der Waals surface area contributed by atoms with Crippen molar-refractivity contribution in [3.05, 3.63) is 16.6 Å². The van der Waals surface area contributed by atoms with E-state index in [-0.39, 0.29) is 12.0 Å². The zero-order chi connectivity index (χ0) is 12.0. The summed E-state index contributed by atoms with van der Waals surface area (Å²) in [5.74, 6) is -0.139. The largest absolute Gasteiger partial charge is 0.466 e. The molecule has 0 aliphatic rings. The van der Waals surface area contributed by atoms with Gasteiger partial charge >= 0.3 is 5.97 Å². The number of carbonyl (C=O) groups excluding carboxylic acids is 1. The number of thiazole rings is 1. The summed E-state index contributed by atoms with van der Waals surface area (Å²) in [7, 11) is 1.99. The number of hydrogen-bond donors (Lipinski definition) is 0. The van der Waals surface area contributed by atoms with Crippen LogP contribution in [0.5, 0.6) is 0 Å². The van der Waals surface area contributed by atoms with Gasteiger partial charge in [-0.1, -0.05) is 0 Å². The average molecular weight is 242 g/mol. The van der Waals surface area contributed by atoms with Crippen molar-refractivity contribution in [2.75, 3.05) is 13.7 Å². The van der Waals surface area contributed by atoms with Gasteiger partial charge in [-0.25, -0.2) is 4.98 Å². The highest BCUT2D eigenvalue weighted by molar-refractivity contribution is 7.07. The van der Waals surface area contributed by atoms with Gasteiger partial charge in [0.25, 0.3) is 0 Å². The van der Waals surface area contributed by atoms with E-state index < -0.39 is 0 Å². The Bertz CT molecular complexity index is 314. The van der Waals surface area contributed by atoms with Gasteiger partial charge < -0.3 is 4.74 Å². The van der Waals surface area contributed by atoms with Gasteiger partial charge in [-0.3, -0.25) is 9.69 Å². The zero-order valence-corrected chi connectivity index (χ0v) is 10.8. The summed E-state index contributed by atoms with van der Waals surface area (Å²) in [6.07, 6.45) is 0.425. The summed E-state index contributed by atoms with van der Waals surface area (Å²) in [6.45, 7) is 5.05. The van der Waals surface area contributed by atoms with E-state index in [4.69, 9.17) is 4.74 Å². The Hall–Kier alpha value is -0.940. The zero-order valence-electron chi connectivity index (χ0n) is 9.97. The number of esters is 1. The molecule has 0 saturated carbocycles. The molecule has 0 aliphatic heterocycles. The minimum Gasteiger partial charge on any atom is -0.466 e. The highest BCUT2D eigenvalue weighted by atomic mass is 32.1. The molecule has 1 aromatic rings. The molecule has 0 bridgehead atoms. The monoisotopic (exact) mass is 242 g/mol. The fourth-order valence-electron chi connectivity index (χ4n) is 1.34. The van der Waals surface area contributed by atoms with Crippen molar-refractivity contribution in [2.24, 2.45) is 0 Å². The third-order valence-electron chi connectivity index (χ3n) is 2.41. The van der Waals surface area contributed by atoms with E-state index >= 15 is 0 Å². The van der Waals surface area contributed by atoms with Crippen LogP contribution in [0.1, 0.15) is 26.0 Å². The summed E-state index contributed by atoms with van der Waals surface area (Å²) in [4.78, 5) is 17.6. The quantitative estimate of drug-likeness (QED) is 0.715. The molecule has 0 radical (unpaired) electrons. The second-order valence-electron chi connectivity index (χ2n) is 3.75. The highest BCUT2D eigenvalue weighted by Gasteiger charge is 2.15. The number of ether oxygens (including phenoxy) is 1. The lowest BCUT2D eigenvalue weighted by atomic mass is 10.2. The molecule has 1 rings (SSSR count). The minimum atomic E-state index is -0.139. The topological polar surface area (TPSA) is 42.4 Å². The first kappa shape index (κ1) is 13.1. The number of aromatic nitrogens is 1. The summed E-state index contributed by atoms with van der Waals surface area (Å²) in [5, 5.41) is 2.02. The van der Waals surface area contributed by atoms with Gasteiger partial charge in [0.15, 0.2) is 0 Å². The van der Waals surface area contributed by atoms with Crippen molar-refractivity contribution < 1.29 is 9.53 Å². The van der Waals surface area contributed by atoms with Gasteiger partial charge in [-0.05, 0) is 20.9 Å². The normalized spacial score (nSPS) is 12.8. The Labute approximate surface area is 100 Å². The van der Waals surface area contributed by atoms with E-state index in [0.717, 1.165) is 12.2 Å². The van der Waals surface area contributed by atoms with Crippen molar-refractivity contribution in [2.45, 2.75) is 32.9 Å². The van der Waals surface area contributed by atoms with E-state index in [1.54, 1.807) is 11.3 Å². The first-order chi connectivity index (χ1) is 7.63. The first-order valence-corrected chi connectivity index (χ1v) is 6.30. The van der Waals surface area contributed by atoms with Crippen LogP contribution in [-0.4, -0.2) is 35.5 Å². The maximum Gasteiger partial charge on any atom is 0.307 e. The van der Waals surface area contributed by atoms with Crippen molar-refractivity contribution in [1.29, 1.82) is 0 Å². The van der Waals surface area contributed by atoms with E-state index in [2.05, 4.69) is 9.88 Å². The highest BCUT2D eigenvalue weighted by Crippen LogP contribution is 2.09. The standard InChI is InChI=1S/C11H18N2O2S/c1-4-15-11(14)5-9(2)13(3)6-10-7-16-8-12-10/h7-9H,4-6H2,1-3H3. The third kappa shape index (κ3) is 4.28. The Morgan fingerprint density at radius 1 is 1.69 bits per heavy atom. The number of hydrogen-bond acceptors (Lipinski definition) is 5. The van der Waals surface area contributed by atoms with Gasteiger partial charge in [0.2, 0.25) is 0 Å². The lowest BCUT2D eigenvalue weighted by molar-refractivity contribution is -0.144. The molecule has 1 heterocycles. The van der Waals surface area contributed by atoms with Crippen molar-refractivity contribution in [3.63, 3.8) is 0 Å². The van der Waals surface area contributed by atoms with Crippen LogP contribution in [0.25, 0.3) is 0 Å². The molecule has 1 aromatic heterocycles. The van der Waals surface area contributed by atoms with Crippen LogP contribution in [0.3, 0.4) is 0 Å². The Morgan fingerprint density at radius 3 is 3.00 bits per heavy atom. The molecule has 1 unspecified atom stereocenters. The van der Waals surface area contributed by atoms with Crippen LogP contribution >= 0.6 is 11.3 Å². The second-order valence-corrected chi connectivity index (χ2v) is 4.47. The van der Waals surface area contributed by atoms with E-state index in [9.17, 15) is 4.79 Å². The van der Waals surface area contributed by atoms with Crippen LogP contribution < -0.4 is 0 Å². The summed E-state index contributed by atoms with van der Waals surface area (Å²) < 4.78 is 4.92. The molecule has 4 nitrogen and oxygen atoms in total. The van der Waals surface area contributed by atoms with Crippen LogP contribution in [0.4, 0.5) is 0 Å². The Kier molecular flexibility index (Phi) is 5.42. The first-order valence-electron chi connectivity index (χ1n) is 5.36. The molecule has 0 spiro atoms. The Morgan fingerprint density at radius 2 is 2.44 bits per heavy atom. The second kappa shape index (κ2) is 6.60. The fourth-order valence-corrected chi connectivity index (χ4v) is 1.89. The molecule has 0 amide bonds. The molecule has 0 fully saturated rings. The molecule has 90 valence electrons.